The molecule has 0 bridgehead atoms. The van der Waals surface area contributed by atoms with Gasteiger partial charge in [0.15, 0.2) is 0 Å². The van der Waals surface area contributed by atoms with Crippen LogP contribution in [-0.2, 0) is 25.2 Å². The maximum atomic E-state index is 9.24. The van der Waals surface area contributed by atoms with E-state index in [1.807, 2.05) is 18.2 Å². The minimum atomic E-state index is -0.119. The number of alkyl halides is 1. The molecule has 0 amide bonds. The first-order valence-corrected chi connectivity index (χ1v) is 21.4. The maximum absolute atomic E-state index is 9.24. The summed E-state index contributed by atoms with van der Waals surface area (Å²) in [5, 5.41) is 21.6. The summed E-state index contributed by atoms with van der Waals surface area (Å²) in [7, 11) is 0. The molecule has 7 nitrogen and oxygen atoms in total. The number of rotatable bonds is 12. The number of hydrogen-bond donors (Lipinski definition) is 1. The molecule has 0 spiro atoms. The third kappa shape index (κ3) is 19.6. The molecule has 2 aromatic heterocycles. The number of benzene rings is 4. The Morgan fingerprint density at radius 3 is 1.10 bits per heavy atom. The van der Waals surface area contributed by atoms with Gasteiger partial charge < -0.3 is 23.6 Å². The molecule has 0 atom stereocenters. The zero-order valence-electron chi connectivity index (χ0n) is 34.1. The van der Waals surface area contributed by atoms with Gasteiger partial charge in [-0.2, -0.15) is 0 Å². The highest BCUT2D eigenvalue weighted by Gasteiger charge is 2.35. The predicted molar refractivity (Wildman–Crippen MR) is 236 cm³/mol. The summed E-state index contributed by atoms with van der Waals surface area (Å²) in [6.45, 7) is 0.434. The Balaban J connectivity index is 0. The molecule has 4 aromatic carbocycles. The van der Waals surface area contributed by atoms with Crippen LogP contribution in [0, 0.1) is 0 Å². The lowest BCUT2D eigenvalue weighted by Crippen LogP contribution is -2.00. The van der Waals surface area contributed by atoms with Crippen LogP contribution in [0.5, 0.6) is 11.5 Å². The Labute approximate surface area is 419 Å². The number of aliphatic hydroxyl groups excluding tert-OH is 1. The minimum Gasteiger partial charge on any atom is -0.489 e. The normalized spacial score (nSPS) is 11.4. The van der Waals surface area contributed by atoms with Crippen molar-refractivity contribution in [2.24, 2.45) is 0 Å². The summed E-state index contributed by atoms with van der Waals surface area (Å²) >= 11 is 41.3. The number of hydrogen-bond acceptors (Lipinski definition) is 7. The molecule has 386 valence electrons. The van der Waals surface area contributed by atoms with Crippen LogP contribution in [0.1, 0.15) is 71.3 Å². The smallest absolute Gasteiger partial charge is 0.147 e. The van der Waals surface area contributed by atoms with E-state index in [1.54, 1.807) is 54.6 Å². The number of ether oxygens (including phenoxy) is 2. The van der Waals surface area contributed by atoms with Crippen molar-refractivity contribution in [1.29, 1.82) is 0 Å². The molecule has 1 N–H and O–H groups in total. The first kappa shape index (κ1) is 67.1. The monoisotopic (exact) mass is 1190 g/mol. The lowest BCUT2D eigenvalue weighted by Gasteiger charge is -2.10. The van der Waals surface area contributed by atoms with Gasteiger partial charge in [-0.25, -0.2) is 0 Å². The van der Waals surface area contributed by atoms with Crippen molar-refractivity contribution in [1.82, 2.24) is 10.3 Å². The van der Waals surface area contributed by atoms with E-state index in [2.05, 4.69) is 26.2 Å². The Kier molecular flexibility index (Phi) is 36.8. The lowest BCUT2D eigenvalue weighted by molar-refractivity contribution is 0.108. The third-order valence-corrected chi connectivity index (χ3v) is 11.6. The molecule has 69 heavy (non-hydrogen) atoms. The second-order valence-electron chi connectivity index (χ2n) is 12.9. The second-order valence-corrected chi connectivity index (χ2v) is 15.9. The van der Waals surface area contributed by atoms with Crippen LogP contribution in [-0.4, -0.2) is 15.4 Å². The van der Waals surface area contributed by atoms with E-state index in [1.165, 1.54) is 0 Å². The number of nitrogens with zero attached hydrogens (tertiary/aromatic N) is 2. The van der Waals surface area contributed by atoms with Gasteiger partial charge in [-0.1, -0.05) is 120 Å². The molecular weight excluding hydrogens is 1170 g/mol. The van der Waals surface area contributed by atoms with Gasteiger partial charge in [0.1, 0.15) is 47.6 Å². The first-order valence-electron chi connectivity index (χ1n) is 18.0. The Morgan fingerprint density at radius 1 is 0.507 bits per heavy atom. The molecule has 2 heterocycles. The summed E-state index contributed by atoms with van der Waals surface area (Å²) in [5.41, 5.74) is 5.93. The molecule has 0 unspecified atom stereocenters. The average molecular weight is 1200 g/mol. The molecule has 2 fully saturated rings. The summed E-state index contributed by atoms with van der Waals surface area (Å²) in [4.78, 5) is 0. The molecule has 0 aliphatic heterocycles. The van der Waals surface area contributed by atoms with Crippen molar-refractivity contribution in [3.63, 3.8) is 0 Å². The molecule has 2 aliphatic rings. The van der Waals surface area contributed by atoms with Gasteiger partial charge in [-0.05, 0) is 85.3 Å². The predicted octanol–water partition coefficient (Wildman–Crippen LogP) is 19.9. The van der Waals surface area contributed by atoms with Gasteiger partial charge >= 0.3 is 0 Å². The fourth-order valence-electron chi connectivity index (χ4n) is 5.88. The molecule has 2 saturated carbocycles. The summed E-state index contributed by atoms with van der Waals surface area (Å²) in [5.74, 6) is 3.68. The molecule has 0 saturated heterocycles. The zero-order chi connectivity index (χ0) is 51.9. The van der Waals surface area contributed by atoms with E-state index >= 15 is 0 Å². The number of aliphatic hydroxyl groups is 1. The highest BCUT2D eigenvalue weighted by atomic mass is 79.9. The zero-order valence-corrected chi connectivity index (χ0v) is 40.2. The third-order valence-electron chi connectivity index (χ3n) is 9.06. The van der Waals surface area contributed by atoms with Crippen LogP contribution in [0.2, 0.25) is 30.1 Å². The van der Waals surface area contributed by atoms with Crippen LogP contribution in [0.3, 0.4) is 0 Å². The minimum absolute atomic E-state index is 0. The fourth-order valence-corrected chi connectivity index (χ4v) is 8.15. The molecule has 0 radical (unpaired) electrons. The average Bonchev–Trinajstić information content (AvgIpc) is 4.34. The van der Waals surface area contributed by atoms with Crippen LogP contribution in [0.25, 0.3) is 22.5 Å². The van der Waals surface area contributed by atoms with Crippen molar-refractivity contribution in [3.05, 3.63) is 137 Å². The maximum Gasteiger partial charge on any atom is 0.147 e. The van der Waals surface area contributed by atoms with Crippen molar-refractivity contribution in [3.8, 4) is 34.0 Å². The van der Waals surface area contributed by atoms with Gasteiger partial charge in [-0.15, -0.1) is 0 Å². The van der Waals surface area contributed by atoms with Gasteiger partial charge in [0.05, 0.1) is 37.8 Å². The standard InChI is InChI=1S/C20H15BrCl3NO2.C20H16Cl3NO3.7F2.FH/c21-9-12-6-7-13(8-17(12)24)26-10-14-19(25-27-20(14)11-4-5-11)18-15(22)2-1-3-16(18)23;21-15-2-1-3-16(22)18(15)19-14(20(27-24-19)11-4-5-11)10-26-13-7-6-12(9-25)17(23)8-13;7*1-2;/h1-3,6-8,11H,4-5,9-10H2;1-3,6-8,11,25H,4-5,9-10H2;;;;;;;;1H. The molecule has 6 aromatic rings. The molecule has 8 rings (SSSR count). The van der Waals surface area contributed by atoms with E-state index < -0.39 is 0 Å². The largest absolute Gasteiger partial charge is 0.489 e. The van der Waals surface area contributed by atoms with E-state index in [0.717, 1.165) is 53.9 Å². The van der Waals surface area contributed by atoms with Crippen LogP contribution >= 0.6 is 85.5 Å². The Morgan fingerprint density at radius 2 is 0.826 bits per heavy atom. The summed E-state index contributed by atoms with van der Waals surface area (Å²) < 4.78 is 135. The second kappa shape index (κ2) is 37.8. The fraction of sp³-hybridized carbons (Fsp3) is 0.250. The van der Waals surface area contributed by atoms with Crippen molar-refractivity contribution < 1.29 is 92.4 Å². The molecule has 2 aliphatic carbocycles. The Bertz CT molecular complexity index is 2140. The quantitative estimate of drug-likeness (QED) is 0.0964. The van der Waals surface area contributed by atoms with Crippen LogP contribution in [0.4, 0.5) is 68.7 Å². The van der Waals surface area contributed by atoms with E-state index in [0.29, 0.717) is 93.5 Å². The van der Waals surface area contributed by atoms with E-state index in [9.17, 15) is 5.11 Å². The first-order chi connectivity index (χ1) is 33.2. The van der Waals surface area contributed by atoms with Crippen molar-refractivity contribution >= 4 is 85.5 Å². The topological polar surface area (TPSA) is 90.8 Å². The van der Waals surface area contributed by atoms with Crippen molar-refractivity contribution in [2.45, 2.75) is 62.7 Å². The van der Waals surface area contributed by atoms with Crippen LogP contribution in [0.15, 0.2) is 81.8 Å². The molecular formula is C40H32BrCl6F15N2O5. The number of halogens is 22. The molecule has 29 heteroatoms. The van der Waals surface area contributed by atoms with Gasteiger partial charge in [0.25, 0.3) is 0 Å². The van der Waals surface area contributed by atoms with Gasteiger partial charge in [0.2, 0.25) is 0 Å². The highest BCUT2D eigenvalue weighted by Crippen LogP contribution is 2.47. The van der Waals surface area contributed by atoms with Crippen molar-refractivity contribution in [2.75, 3.05) is 0 Å². The SMILES string of the molecule is Clc1cc(OCc2c(-c3c(Cl)cccc3Cl)noc2C2CC2)ccc1CBr.F.FF.FF.FF.FF.FF.FF.FF.OCc1ccc(OCc2c(-c3c(Cl)cccc3Cl)noc2C2CC2)cc1Cl. The summed E-state index contributed by atoms with van der Waals surface area (Å²) in [6, 6.07) is 21.5. The van der Waals surface area contributed by atoms with E-state index in [4.69, 9.17) is 152 Å². The lowest BCUT2D eigenvalue weighted by atomic mass is 10.0. The van der Waals surface area contributed by atoms with Crippen LogP contribution < -0.4 is 9.47 Å². The van der Waals surface area contributed by atoms with Gasteiger partial charge in [-0.3, -0.25) is 4.70 Å². The highest BCUT2D eigenvalue weighted by molar-refractivity contribution is 9.08. The summed E-state index contributed by atoms with van der Waals surface area (Å²) in [6.07, 6.45) is 4.30. The number of aromatic nitrogens is 2. The van der Waals surface area contributed by atoms with Gasteiger partial charge in [0, 0.05) is 102 Å². The Hall–Kier alpha value is -3.97. The van der Waals surface area contributed by atoms with E-state index in [-0.39, 0.29) is 17.9 Å².